The minimum Gasteiger partial charge on any atom is -0.493 e. The fourth-order valence-electron chi connectivity index (χ4n) is 2.14. The number of thioether (sulfide) groups is 1. The molecule has 0 fully saturated rings. The van der Waals surface area contributed by atoms with E-state index in [1.54, 1.807) is 44.2 Å². The van der Waals surface area contributed by atoms with Crippen LogP contribution in [0.5, 0.6) is 11.5 Å². The number of hydrogen-bond donors (Lipinski definition) is 1. The zero-order valence-electron chi connectivity index (χ0n) is 13.6. The molecule has 2 rings (SSSR count). The Labute approximate surface area is 141 Å². The van der Waals surface area contributed by atoms with Crippen molar-refractivity contribution in [2.75, 3.05) is 25.3 Å². The Hall–Kier alpha value is -2.14. The van der Waals surface area contributed by atoms with Crippen LogP contribution in [-0.4, -0.2) is 25.9 Å². The van der Waals surface area contributed by atoms with Gasteiger partial charge in [0.1, 0.15) is 0 Å². The van der Waals surface area contributed by atoms with Crippen molar-refractivity contribution in [2.24, 2.45) is 0 Å². The number of aryl methyl sites for hydroxylation is 1. The molecule has 0 aromatic heterocycles. The van der Waals surface area contributed by atoms with Gasteiger partial charge in [-0.05, 0) is 30.2 Å². The van der Waals surface area contributed by atoms with Crippen LogP contribution in [0, 0.1) is 6.92 Å². The molecule has 0 radical (unpaired) electrons. The van der Waals surface area contributed by atoms with Gasteiger partial charge < -0.3 is 14.8 Å². The van der Waals surface area contributed by atoms with Gasteiger partial charge in [-0.1, -0.05) is 24.3 Å². The summed E-state index contributed by atoms with van der Waals surface area (Å²) in [6.45, 7) is 2.08. The summed E-state index contributed by atoms with van der Waals surface area (Å²) in [5.74, 6) is 2.43. The molecule has 0 saturated heterocycles. The molecule has 1 amide bonds. The third-order valence-corrected chi connectivity index (χ3v) is 4.40. The Morgan fingerprint density at radius 2 is 1.83 bits per heavy atom. The van der Waals surface area contributed by atoms with E-state index in [4.69, 9.17) is 9.47 Å². The van der Waals surface area contributed by atoms with E-state index >= 15 is 0 Å². The Morgan fingerprint density at radius 3 is 2.52 bits per heavy atom. The highest BCUT2D eigenvalue weighted by Crippen LogP contribution is 2.29. The molecule has 5 heteroatoms. The summed E-state index contributed by atoms with van der Waals surface area (Å²) in [7, 11) is 3.15. The van der Waals surface area contributed by atoms with Crippen molar-refractivity contribution in [3.05, 3.63) is 53.6 Å². The van der Waals surface area contributed by atoms with E-state index in [9.17, 15) is 4.79 Å². The van der Waals surface area contributed by atoms with Gasteiger partial charge in [0.05, 0.1) is 20.0 Å². The van der Waals surface area contributed by atoms with Crippen LogP contribution in [0.3, 0.4) is 0 Å². The predicted molar refractivity (Wildman–Crippen MR) is 95.5 cm³/mol. The minimum atomic E-state index is -0.0317. The van der Waals surface area contributed by atoms with Crippen LogP contribution >= 0.6 is 11.8 Å². The van der Waals surface area contributed by atoms with Crippen molar-refractivity contribution < 1.29 is 14.3 Å². The SMILES string of the molecule is COc1ccc(NC(=O)CSCc2ccccc2C)cc1OC. The first-order valence-electron chi connectivity index (χ1n) is 7.28. The summed E-state index contributed by atoms with van der Waals surface area (Å²) in [5, 5.41) is 2.87. The van der Waals surface area contributed by atoms with Crippen LogP contribution < -0.4 is 14.8 Å². The first-order chi connectivity index (χ1) is 11.1. The number of ether oxygens (including phenoxy) is 2. The largest absolute Gasteiger partial charge is 0.493 e. The number of carbonyl (C=O) groups is 1. The summed E-state index contributed by atoms with van der Waals surface area (Å²) in [6.07, 6.45) is 0. The van der Waals surface area contributed by atoms with Gasteiger partial charge in [-0.3, -0.25) is 4.79 Å². The normalized spacial score (nSPS) is 10.2. The molecule has 0 atom stereocenters. The monoisotopic (exact) mass is 331 g/mol. The fraction of sp³-hybridized carbons (Fsp3) is 0.278. The number of hydrogen-bond acceptors (Lipinski definition) is 4. The topological polar surface area (TPSA) is 47.6 Å². The van der Waals surface area contributed by atoms with E-state index in [0.717, 1.165) is 5.75 Å². The molecule has 4 nitrogen and oxygen atoms in total. The van der Waals surface area contributed by atoms with Gasteiger partial charge in [0.25, 0.3) is 0 Å². The van der Waals surface area contributed by atoms with Gasteiger partial charge in [0.2, 0.25) is 5.91 Å². The molecular weight excluding hydrogens is 310 g/mol. The zero-order valence-corrected chi connectivity index (χ0v) is 14.4. The Morgan fingerprint density at radius 1 is 1.09 bits per heavy atom. The van der Waals surface area contributed by atoms with Crippen LogP contribution in [0.2, 0.25) is 0 Å². The standard InChI is InChI=1S/C18H21NO3S/c1-13-6-4-5-7-14(13)11-23-12-18(20)19-15-8-9-16(21-2)17(10-15)22-3/h4-10H,11-12H2,1-3H3,(H,19,20). The molecule has 0 unspecified atom stereocenters. The molecule has 0 aliphatic carbocycles. The second-order valence-corrected chi connectivity index (χ2v) is 6.02. The van der Waals surface area contributed by atoms with Gasteiger partial charge in [0, 0.05) is 17.5 Å². The van der Waals surface area contributed by atoms with E-state index in [1.165, 1.54) is 11.1 Å². The van der Waals surface area contributed by atoms with Crippen LogP contribution in [-0.2, 0) is 10.5 Å². The number of amides is 1. The molecule has 122 valence electrons. The molecule has 0 saturated carbocycles. The molecule has 0 bridgehead atoms. The van der Waals surface area contributed by atoms with E-state index in [-0.39, 0.29) is 5.91 Å². The van der Waals surface area contributed by atoms with Crippen LogP contribution in [0.25, 0.3) is 0 Å². The first-order valence-corrected chi connectivity index (χ1v) is 8.43. The van der Waals surface area contributed by atoms with Gasteiger partial charge in [0.15, 0.2) is 11.5 Å². The van der Waals surface area contributed by atoms with Crippen LogP contribution in [0.15, 0.2) is 42.5 Å². The molecular formula is C18H21NO3S. The van der Waals surface area contributed by atoms with Crippen molar-refractivity contribution in [3.63, 3.8) is 0 Å². The number of rotatable bonds is 7. The fourth-order valence-corrected chi connectivity index (χ4v) is 3.04. The van der Waals surface area contributed by atoms with E-state index < -0.39 is 0 Å². The lowest BCUT2D eigenvalue weighted by molar-refractivity contribution is -0.113. The van der Waals surface area contributed by atoms with Crippen LogP contribution in [0.1, 0.15) is 11.1 Å². The highest BCUT2D eigenvalue weighted by atomic mass is 32.2. The molecule has 1 N–H and O–H groups in total. The van der Waals surface area contributed by atoms with Crippen molar-refractivity contribution in [1.82, 2.24) is 0 Å². The summed E-state index contributed by atoms with van der Waals surface area (Å²) in [6, 6.07) is 13.5. The van der Waals surface area contributed by atoms with E-state index in [0.29, 0.717) is 22.9 Å². The quantitative estimate of drug-likeness (QED) is 0.836. The maximum Gasteiger partial charge on any atom is 0.234 e. The third kappa shape index (κ3) is 4.93. The van der Waals surface area contributed by atoms with E-state index in [2.05, 4.69) is 24.4 Å². The molecule has 0 spiro atoms. The molecule has 0 aliphatic rings. The number of methoxy groups -OCH3 is 2. The third-order valence-electron chi connectivity index (χ3n) is 3.42. The lowest BCUT2D eigenvalue weighted by atomic mass is 10.1. The molecule has 0 aliphatic heterocycles. The number of benzene rings is 2. The minimum absolute atomic E-state index is 0.0317. The molecule has 23 heavy (non-hydrogen) atoms. The maximum absolute atomic E-state index is 12.0. The Bertz CT molecular complexity index is 673. The zero-order chi connectivity index (χ0) is 16.7. The lowest BCUT2D eigenvalue weighted by Crippen LogP contribution is -2.14. The van der Waals surface area contributed by atoms with Crippen molar-refractivity contribution in [1.29, 1.82) is 0 Å². The van der Waals surface area contributed by atoms with Crippen molar-refractivity contribution in [3.8, 4) is 11.5 Å². The number of nitrogens with one attached hydrogen (secondary N) is 1. The Balaban J connectivity index is 1.86. The van der Waals surface area contributed by atoms with Gasteiger partial charge in [-0.15, -0.1) is 11.8 Å². The highest BCUT2D eigenvalue weighted by Gasteiger charge is 2.08. The number of carbonyl (C=O) groups excluding carboxylic acids is 1. The Kier molecular flexibility index (Phi) is 6.35. The average molecular weight is 331 g/mol. The molecule has 2 aromatic rings. The highest BCUT2D eigenvalue weighted by molar-refractivity contribution is 7.99. The summed E-state index contributed by atoms with van der Waals surface area (Å²) in [4.78, 5) is 12.0. The molecule has 0 heterocycles. The van der Waals surface area contributed by atoms with Crippen molar-refractivity contribution >= 4 is 23.4 Å². The van der Waals surface area contributed by atoms with Crippen molar-refractivity contribution in [2.45, 2.75) is 12.7 Å². The number of anilines is 1. The lowest BCUT2D eigenvalue weighted by Gasteiger charge is -2.10. The smallest absolute Gasteiger partial charge is 0.234 e. The summed E-state index contributed by atoms with van der Waals surface area (Å²) < 4.78 is 10.4. The van der Waals surface area contributed by atoms with Gasteiger partial charge >= 0.3 is 0 Å². The second kappa shape index (κ2) is 8.48. The van der Waals surface area contributed by atoms with Crippen LogP contribution in [0.4, 0.5) is 5.69 Å². The first kappa shape index (κ1) is 17.2. The van der Waals surface area contributed by atoms with E-state index in [1.807, 2.05) is 12.1 Å². The summed E-state index contributed by atoms with van der Waals surface area (Å²) >= 11 is 1.60. The molecule has 2 aromatic carbocycles. The predicted octanol–water partition coefficient (Wildman–Crippen LogP) is 3.88. The maximum atomic E-state index is 12.0. The summed E-state index contributed by atoms with van der Waals surface area (Å²) in [5.41, 5.74) is 3.21. The second-order valence-electron chi connectivity index (χ2n) is 5.04. The van der Waals surface area contributed by atoms with Gasteiger partial charge in [-0.2, -0.15) is 0 Å². The van der Waals surface area contributed by atoms with Gasteiger partial charge in [-0.25, -0.2) is 0 Å². The average Bonchev–Trinajstić information content (AvgIpc) is 2.56.